The van der Waals surface area contributed by atoms with Crippen molar-refractivity contribution in [1.29, 1.82) is 0 Å². The van der Waals surface area contributed by atoms with E-state index in [9.17, 15) is 0 Å². The van der Waals surface area contributed by atoms with Crippen LogP contribution < -0.4 is 4.74 Å². The highest BCUT2D eigenvalue weighted by Crippen LogP contribution is 2.50. The summed E-state index contributed by atoms with van der Waals surface area (Å²) in [4.78, 5) is 0. The fourth-order valence-corrected chi connectivity index (χ4v) is 6.82. The zero-order valence-corrected chi connectivity index (χ0v) is 18.8. The van der Waals surface area contributed by atoms with Gasteiger partial charge in [0.1, 0.15) is 12.4 Å². The molecule has 3 saturated carbocycles. The van der Waals surface area contributed by atoms with E-state index in [1.165, 1.54) is 56.9 Å². The molecule has 3 fully saturated rings. The average Bonchev–Trinajstić information content (AvgIpc) is 2.79. The lowest BCUT2D eigenvalue weighted by Crippen LogP contribution is -2.34. The van der Waals surface area contributed by atoms with Crippen LogP contribution in [0.5, 0.6) is 5.75 Å². The molecule has 0 saturated heterocycles. The molecule has 4 rings (SSSR count). The first-order valence-corrected chi connectivity index (χ1v) is 12.6. The second-order valence-corrected chi connectivity index (χ2v) is 10.2. The van der Waals surface area contributed by atoms with Crippen LogP contribution in [-0.2, 0) is 0 Å². The van der Waals surface area contributed by atoms with Crippen molar-refractivity contribution in [2.75, 3.05) is 6.61 Å². The molecule has 0 N–H and O–H groups in total. The third kappa shape index (κ3) is 5.28. The minimum Gasteiger partial charge on any atom is -0.490 e. The minimum atomic E-state index is 0.670. The van der Waals surface area contributed by atoms with Crippen LogP contribution in [0.15, 0.2) is 36.4 Å². The second kappa shape index (κ2) is 10.2. The van der Waals surface area contributed by atoms with Crippen molar-refractivity contribution in [3.05, 3.63) is 42.0 Å². The largest absolute Gasteiger partial charge is 0.490 e. The molecule has 0 aromatic heterocycles. The number of ether oxygens (including phenoxy) is 1. The van der Waals surface area contributed by atoms with Crippen LogP contribution in [-0.4, -0.2) is 6.61 Å². The van der Waals surface area contributed by atoms with E-state index < -0.39 is 0 Å². The van der Waals surface area contributed by atoms with Gasteiger partial charge in [0.05, 0.1) is 0 Å². The predicted octanol–water partition coefficient (Wildman–Crippen LogP) is 8.16. The van der Waals surface area contributed by atoms with Gasteiger partial charge in [0.2, 0.25) is 0 Å². The number of hydrogen-bond donors (Lipinski definition) is 0. The number of fused-ring (bicyclic) bond motifs is 1. The van der Waals surface area contributed by atoms with Crippen LogP contribution in [0.2, 0.25) is 0 Å². The smallest absolute Gasteiger partial charge is 0.119 e. The van der Waals surface area contributed by atoms with Gasteiger partial charge in [-0.2, -0.15) is 0 Å². The molecule has 3 aliphatic rings. The third-order valence-corrected chi connectivity index (χ3v) is 8.71. The summed E-state index contributed by atoms with van der Waals surface area (Å²) in [5.74, 6) is 7.02. The van der Waals surface area contributed by atoms with Gasteiger partial charge in [0.25, 0.3) is 0 Å². The highest BCUT2D eigenvalue weighted by molar-refractivity contribution is 5.30. The summed E-state index contributed by atoms with van der Waals surface area (Å²) in [7, 11) is 0. The van der Waals surface area contributed by atoms with Crippen molar-refractivity contribution in [2.45, 2.75) is 90.4 Å². The molecule has 1 aromatic rings. The molecular weight excluding hydrogens is 352 g/mol. The van der Waals surface area contributed by atoms with Gasteiger partial charge in [0.15, 0.2) is 0 Å². The van der Waals surface area contributed by atoms with Crippen molar-refractivity contribution in [3.63, 3.8) is 0 Å². The fourth-order valence-electron chi connectivity index (χ4n) is 6.82. The summed E-state index contributed by atoms with van der Waals surface area (Å²) in [6, 6.07) is 8.96. The summed E-state index contributed by atoms with van der Waals surface area (Å²) in [5, 5.41) is 0. The Morgan fingerprint density at radius 2 is 1.41 bits per heavy atom. The molecule has 1 heteroatoms. The van der Waals surface area contributed by atoms with Crippen LogP contribution in [0.4, 0.5) is 0 Å². The molecule has 29 heavy (non-hydrogen) atoms. The number of benzene rings is 1. The second-order valence-electron chi connectivity index (χ2n) is 10.2. The van der Waals surface area contributed by atoms with Crippen molar-refractivity contribution in [2.24, 2.45) is 29.6 Å². The van der Waals surface area contributed by atoms with E-state index in [-0.39, 0.29) is 0 Å². The van der Waals surface area contributed by atoms with Gasteiger partial charge in [-0.1, -0.05) is 44.1 Å². The van der Waals surface area contributed by atoms with Crippen LogP contribution in [0.1, 0.15) is 96.0 Å². The Hall–Kier alpha value is -1.24. The Bertz CT molecular complexity index is 637. The van der Waals surface area contributed by atoms with E-state index in [1.54, 1.807) is 19.3 Å². The third-order valence-electron chi connectivity index (χ3n) is 8.71. The SMILES string of the molecule is C/C=C/COc1ccc(C2CCC(C3CCC4CC(CC)CCC4C3)CC2)cc1. The minimum absolute atomic E-state index is 0.670. The Kier molecular flexibility index (Phi) is 7.38. The van der Waals surface area contributed by atoms with Crippen LogP contribution in [0, 0.1) is 29.6 Å². The lowest BCUT2D eigenvalue weighted by atomic mass is 9.60. The number of rotatable bonds is 6. The maximum Gasteiger partial charge on any atom is 0.119 e. The lowest BCUT2D eigenvalue weighted by molar-refractivity contribution is 0.0629. The molecule has 4 atom stereocenters. The zero-order valence-electron chi connectivity index (χ0n) is 18.8. The molecule has 0 radical (unpaired) electrons. The fraction of sp³-hybridized carbons (Fsp3) is 0.714. The van der Waals surface area contributed by atoms with E-state index in [1.807, 2.05) is 13.0 Å². The summed E-state index contributed by atoms with van der Waals surface area (Å²) in [6.45, 7) is 5.11. The lowest BCUT2D eigenvalue weighted by Gasteiger charge is -2.45. The molecule has 0 spiro atoms. The van der Waals surface area contributed by atoms with E-state index in [2.05, 4.69) is 37.3 Å². The molecule has 0 aliphatic heterocycles. The molecule has 0 amide bonds. The Morgan fingerprint density at radius 3 is 2.10 bits per heavy atom. The van der Waals surface area contributed by atoms with Gasteiger partial charge in [-0.3, -0.25) is 0 Å². The summed E-state index contributed by atoms with van der Waals surface area (Å²) < 4.78 is 5.76. The Morgan fingerprint density at radius 1 is 0.793 bits per heavy atom. The van der Waals surface area contributed by atoms with Gasteiger partial charge in [-0.15, -0.1) is 0 Å². The van der Waals surface area contributed by atoms with E-state index >= 15 is 0 Å². The summed E-state index contributed by atoms with van der Waals surface area (Å²) in [6.07, 6.45) is 20.5. The predicted molar refractivity (Wildman–Crippen MR) is 123 cm³/mol. The van der Waals surface area contributed by atoms with Gasteiger partial charge >= 0.3 is 0 Å². The summed E-state index contributed by atoms with van der Waals surface area (Å²) >= 11 is 0. The monoisotopic (exact) mass is 394 g/mol. The molecule has 0 bridgehead atoms. The first kappa shape index (κ1) is 21.0. The van der Waals surface area contributed by atoms with Crippen LogP contribution in [0.3, 0.4) is 0 Å². The van der Waals surface area contributed by atoms with Crippen molar-refractivity contribution < 1.29 is 4.74 Å². The van der Waals surface area contributed by atoms with Crippen molar-refractivity contribution in [1.82, 2.24) is 0 Å². The maximum atomic E-state index is 5.76. The molecule has 1 aromatic carbocycles. The first-order chi connectivity index (χ1) is 14.3. The first-order valence-electron chi connectivity index (χ1n) is 12.6. The van der Waals surface area contributed by atoms with Gasteiger partial charge in [0, 0.05) is 0 Å². The van der Waals surface area contributed by atoms with Gasteiger partial charge in [-0.25, -0.2) is 0 Å². The number of hydrogen-bond acceptors (Lipinski definition) is 1. The van der Waals surface area contributed by atoms with Crippen LogP contribution in [0.25, 0.3) is 0 Å². The van der Waals surface area contributed by atoms with Gasteiger partial charge < -0.3 is 4.74 Å². The summed E-state index contributed by atoms with van der Waals surface area (Å²) in [5.41, 5.74) is 1.53. The standard InChI is InChI=1S/C28H42O/c1-3-5-18-29-28-16-14-23(15-17-28)22-8-10-24(11-9-22)26-13-12-25-19-21(4-2)6-7-27(25)20-26/h3,5,14-17,21-22,24-27H,4,6-13,18-20H2,1-2H3/b5-3+. The normalized spacial score (nSPS) is 35.4. The van der Waals surface area contributed by atoms with Crippen molar-refractivity contribution >= 4 is 0 Å². The molecule has 1 nitrogen and oxygen atoms in total. The Balaban J connectivity index is 1.24. The van der Waals surface area contributed by atoms with E-state index in [4.69, 9.17) is 4.74 Å². The molecule has 160 valence electrons. The van der Waals surface area contributed by atoms with Crippen LogP contribution >= 0.6 is 0 Å². The molecule has 3 aliphatic carbocycles. The quantitative estimate of drug-likeness (QED) is 0.442. The van der Waals surface area contributed by atoms with Gasteiger partial charge in [-0.05, 0) is 118 Å². The maximum absolute atomic E-state index is 5.76. The van der Waals surface area contributed by atoms with Crippen molar-refractivity contribution in [3.8, 4) is 5.75 Å². The number of allylic oxidation sites excluding steroid dienone is 1. The molecule has 0 heterocycles. The molecular formula is C28H42O. The Labute approximate surface area is 179 Å². The van der Waals surface area contributed by atoms with E-state index in [0.717, 1.165) is 41.3 Å². The highest BCUT2D eigenvalue weighted by Gasteiger charge is 2.38. The zero-order chi connectivity index (χ0) is 20.1. The highest BCUT2D eigenvalue weighted by atomic mass is 16.5. The topological polar surface area (TPSA) is 9.23 Å². The average molecular weight is 395 g/mol. The molecule has 4 unspecified atom stereocenters. The van der Waals surface area contributed by atoms with E-state index in [0.29, 0.717) is 6.61 Å².